The van der Waals surface area contributed by atoms with Gasteiger partial charge in [-0.05, 0) is 36.4 Å². The van der Waals surface area contributed by atoms with Crippen molar-refractivity contribution in [2.45, 2.75) is 11.7 Å². The second-order valence-electron chi connectivity index (χ2n) is 5.99. The largest absolute Gasteiger partial charge is 0.497 e. The quantitative estimate of drug-likeness (QED) is 0.114. The van der Waals surface area contributed by atoms with Crippen LogP contribution in [0.4, 0.5) is 0 Å². The van der Waals surface area contributed by atoms with Crippen LogP contribution in [-0.2, 0) is 0 Å². The highest BCUT2D eigenvalue weighted by Gasteiger charge is 2.10. The van der Waals surface area contributed by atoms with Gasteiger partial charge in [-0.15, -0.1) is 0 Å². The molecule has 0 amide bonds. The van der Waals surface area contributed by atoms with E-state index in [4.69, 9.17) is 79.1 Å². The first-order chi connectivity index (χ1) is 15.1. The van der Waals surface area contributed by atoms with E-state index >= 15 is 0 Å². The monoisotopic (exact) mass is 571 g/mol. The second kappa shape index (κ2) is 14.0. The van der Waals surface area contributed by atoms with Crippen molar-refractivity contribution in [2.24, 2.45) is 0 Å². The van der Waals surface area contributed by atoms with Crippen LogP contribution >= 0.6 is 69.6 Å². The fraction of sp³-hybridized carbons (Fsp3) is 0.182. The van der Waals surface area contributed by atoms with Crippen molar-refractivity contribution in [3.05, 3.63) is 69.9 Å². The minimum atomic E-state index is -0.750. The molecular formula is C22H21Cl6N2O3+. The number of pyridine rings is 2. The number of rotatable bonds is 2. The van der Waals surface area contributed by atoms with Gasteiger partial charge in [0.25, 0.3) is 5.52 Å². The Labute approximate surface area is 222 Å². The number of alkyl halides is 3. The zero-order valence-corrected chi connectivity index (χ0v) is 21.2. The van der Waals surface area contributed by atoms with Crippen molar-refractivity contribution in [1.82, 2.24) is 4.98 Å². The van der Waals surface area contributed by atoms with Gasteiger partial charge in [-0.25, -0.2) is 4.98 Å². The van der Waals surface area contributed by atoms with E-state index in [0.717, 1.165) is 26.8 Å². The van der Waals surface area contributed by atoms with Crippen LogP contribution < -0.4 is 14.2 Å². The lowest BCUT2D eigenvalue weighted by Crippen LogP contribution is -2.30. The Morgan fingerprint density at radius 1 is 0.848 bits per heavy atom. The van der Waals surface area contributed by atoms with E-state index in [1.165, 1.54) is 6.20 Å². The lowest BCUT2D eigenvalue weighted by Gasteiger charge is -2.03. The highest BCUT2D eigenvalue weighted by atomic mass is 35.6. The number of aromatic nitrogens is 2. The van der Waals surface area contributed by atoms with E-state index in [2.05, 4.69) is 4.98 Å². The van der Waals surface area contributed by atoms with Crippen LogP contribution in [0, 0.1) is 0 Å². The van der Waals surface area contributed by atoms with Gasteiger partial charge in [0, 0.05) is 16.2 Å². The standard InChI is InChI=1S/C10H7Cl2NO.C10H9ClNO2.CHCl3.CH4/c1-14-7-3-2-6-4-8(11)10(12)13-9(6)5-7;1-14-9-3-2-7-4-8(11)6-12(13)10(7)5-9;2-1(3)4;/h2-5H,1H3;2-6,13H,1H3;1H;1H4/q;+1;;. The summed E-state index contributed by atoms with van der Waals surface area (Å²) in [6.07, 6.45) is 1.43. The molecule has 0 unspecified atom stereocenters. The maximum absolute atomic E-state index is 9.55. The van der Waals surface area contributed by atoms with Crippen molar-refractivity contribution in [1.29, 1.82) is 0 Å². The van der Waals surface area contributed by atoms with E-state index in [-0.39, 0.29) is 7.43 Å². The number of halogens is 6. The molecule has 178 valence electrons. The molecule has 5 nitrogen and oxygen atoms in total. The molecular weight excluding hydrogens is 553 g/mol. The zero-order chi connectivity index (χ0) is 23.8. The molecule has 0 saturated heterocycles. The summed E-state index contributed by atoms with van der Waals surface area (Å²) in [4.78, 5) is 4.14. The molecule has 0 spiro atoms. The van der Waals surface area contributed by atoms with Gasteiger partial charge in [0.2, 0.25) is 6.20 Å². The van der Waals surface area contributed by atoms with Crippen LogP contribution in [0.25, 0.3) is 21.8 Å². The van der Waals surface area contributed by atoms with Crippen molar-refractivity contribution in [3.8, 4) is 11.5 Å². The van der Waals surface area contributed by atoms with Gasteiger partial charge in [0.05, 0.1) is 36.2 Å². The van der Waals surface area contributed by atoms with E-state index in [0.29, 0.717) is 26.5 Å². The Hall–Kier alpha value is -1.60. The number of benzene rings is 2. The van der Waals surface area contributed by atoms with Crippen molar-refractivity contribution >= 4 is 91.4 Å². The summed E-state index contributed by atoms with van der Waals surface area (Å²) in [5.74, 6) is 1.45. The van der Waals surface area contributed by atoms with Crippen molar-refractivity contribution in [3.63, 3.8) is 0 Å². The molecule has 2 heterocycles. The predicted molar refractivity (Wildman–Crippen MR) is 139 cm³/mol. The van der Waals surface area contributed by atoms with Gasteiger partial charge in [-0.3, -0.25) is 5.21 Å². The summed E-state index contributed by atoms with van der Waals surface area (Å²) in [5, 5.41) is 12.6. The van der Waals surface area contributed by atoms with E-state index in [1.54, 1.807) is 32.4 Å². The van der Waals surface area contributed by atoms with Gasteiger partial charge in [-0.2, -0.15) is 0 Å². The highest BCUT2D eigenvalue weighted by Crippen LogP contribution is 2.26. The average molecular weight is 574 g/mol. The summed E-state index contributed by atoms with van der Waals surface area (Å²) in [6, 6.07) is 14.5. The summed E-state index contributed by atoms with van der Waals surface area (Å²) in [6.45, 7) is 0. The lowest BCUT2D eigenvalue weighted by atomic mass is 10.2. The fourth-order valence-electron chi connectivity index (χ4n) is 2.57. The molecule has 2 aromatic carbocycles. The Morgan fingerprint density at radius 3 is 1.97 bits per heavy atom. The minimum absolute atomic E-state index is 0. The number of hydrogen-bond acceptors (Lipinski definition) is 4. The van der Waals surface area contributed by atoms with Crippen LogP contribution in [0.3, 0.4) is 0 Å². The van der Waals surface area contributed by atoms with Gasteiger partial charge in [0.1, 0.15) is 21.7 Å². The molecule has 11 heteroatoms. The van der Waals surface area contributed by atoms with Crippen LogP contribution in [0.5, 0.6) is 11.5 Å². The van der Waals surface area contributed by atoms with Crippen molar-refractivity contribution < 1.29 is 19.4 Å². The highest BCUT2D eigenvalue weighted by molar-refractivity contribution is 6.63. The number of ether oxygens (including phenoxy) is 2. The predicted octanol–water partition coefficient (Wildman–Crippen LogP) is 8.20. The minimum Gasteiger partial charge on any atom is -0.497 e. The molecule has 0 aliphatic carbocycles. The third-order valence-electron chi connectivity index (χ3n) is 3.96. The first kappa shape index (κ1) is 29.4. The number of nitrogens with zero attached hydrogens (tertiary/aromatic N) is 2. The fourth-order valence-corrected chi connectivity index (χ4v) is 3.08. The first-order valence-corrected chi connectivity index (χ1v) is 11.2. The summed E-state index contributed by atoms with van der Waals surface area (Å²) >= 11 is 31.8. The number of hydrogen-bond donors (Lipinski definition) is 1. The smallest absolute Gasteiger partial charge is 0.268 e. The second-order valence-corrected chi connectivity index (χ2v) is 9.18. The molecule has 2 aromatic heterocycles. The molecule has 0 fully saturated rings. The molecule has 0 aliphatic rings. The molecule has 0 atom stereocenters. The van der Waals surface area contributed by atoms with Gasteiger partial charge in [-0.1, -0.05) is 77.0 Å². The molecule has 0 bridgehead atoms. The van der Waals surface area contributed by atoms with Gasteiger partial charge < -0.3 is 9.47 Å². The van der Waals surface area contributed by atoms with Crippen molar-refractivity contribution in [2.75, 3.05) is 14.2 Å². The molecule has 4 aromatic rings. The van der Waals surface area contributed by atoms with Crippen LogP contribution in [0.2, 0.25) is 15.2 Å². The van der Waals surface area contributed by atoms with E-state index < -0.39 is 4.30 Å². The van der Waals surface area contributed by atoms with Gasteiger partial charge in [0.15, 0.2) is 4.30 Å². The average Bonchev–Trinajstić information content (AvgIpc) is 2.74. The zero-order valence-electron chi connectivity index (χ0n) is 16.7. The van der Waals surface area contributed by atoms with Crippen LogP contribution in [-0.4, -0.2) is 28.7 Å². The summed E-state index contributed by atoms with van der Waals surface area (Å²) in [7, 11) is 3.19. The summed E-state index contributed by atoms with van der Waals surface area (Å²) in [5.41, 5.74) is 1.44. The Bertz CT molecular complexity index is 1210. The summed E-state index contributed by atoms with van der Waals surface area (Å²) < 4.78 is 10.4. The first-order valence-electron chi connectivity index (χ1n) is 8.74. The maximum atomic E-state index is 9.55. The van der Waals surface area contributed by atoms with Crippen LogP contribution in [0.15, 0.2) is 54.7 Å². The molecule has 1 N–H and O–H groups in total. The van der Waals surface area contributed by atoms with Crippen LogP contribution in [0.1, 0.15) is 7.43 Å². The molecule has 4 rings (SSSR count). The SMILES string of the molecule is C.COc1ccc2cc(Cl)c(Cl)nc2c1.COc1ccc2cc(Cl)c[n+](O)c2c1.ClC(Cl)Cl. The normalized spacial score (nSPS) is 9.97. The Morgan fingerprint density at radius 2 is 1.39 bits per heavy atom. The molecule has 33 heavy (non-hydrogen) atoms. The Balaban J connectivity index is 0.000000278. The topological polar surface area (TPSA) is 55.5 Å². The molecule has 0 radical (unpaired) electrons. The van der Waals surface area contributed by atoms with E-state index in [1.807, 2.05) is 30.3 Å². The number of fused-ring (bicyclic) bond motifs is 2. The van der Waals surface area contributed by atoms with E-state index in [9.17, 15) is 5.21 Å². The third-order valence-corrected chi connectivity index (χ3v) is 4.84. The van der Waals surface area contributed by atoms with Gasteiger partial charge >= 0.3 is 0 Å². The maximum Gasteiger partial charge on any atom is 0.268 e. The Kier molecular flexibility index (Phi) is 12.4. The lowest BCUT2D eigenvalue weighted by molar-refractivity contribution is -0.884. The molecule has 0 aliphatic heterocycles. The number of methoxy groups -OCH3 is 2. The molecule has 0 saturated carbocycles. The third kappa shape index (κ3) is 8.93.